The number of rotatable bonds is 7. The summed E-state index contributed by atoms with van der Waals surface area (Å²) in [6.07, 6.45) is 4.32. The van der Waals surface area contributed by atoms with Crippen LogP contribution in [0.4, 0.5) is 0 Å². The average Bonchev–Trinajstić information content (AvgIpc) is 3.04. The molecule has 5 heteroatoms. The number of amides is 1. The highest BCUT2D eigenvalue weighted by atomic mass is 16.5. The quantitative estimate of drug-likeness (QED) is 0.785. The molecule has 0 atom stereocenters. The van der Waals surface area contributed by atoms with Gasteiger partial charge in [0.05, 0.1) is 12.2 Å². The molecular weight excluding hydrogens is 294 g/mol. The molecule has 23 heavy (non-hydrogen) atoms. The lowest BCUT2D eigenvalue weighted by atomic mass is 10.2. The van der Waals surface area contributed by atoms with Gasteiger partial charge >= 0.3 is 5.97 Å². The molecule has 1 aromatic rings. The predicted octanol–water partition coefficient (Wildman–Crippen LogP) is 2.94. The van der Waals surface area contributed by atoms with Gasteiger partial charge in [0.1, 0.15) is 5.75 Å². The molecule has 1 aliphatic rings. The number of nitrogens with one attached hydrogen (secondary N) is 1. The maximum absolute atomic E-state index is 11.9. The second-order valence-corrected chi connectivity index (χ2v) is 6.35. The summed E-state index contributed by atoms with van der Waals surface area (Å²) in [5.74, 6) is 0.427. The Balaban J connectivity index is 1.75. The smallest absolute Gasteiger partial charge is 0.338 e. The van der Waals surface area contributed by atoms with E-state index in [0.29, 0.717) is 23.8 Å². The molecule has 1 fully saturated rings. The highest BCUT2D eigenvalue weighted by molar-refractivity contribution is 5.91. The van der Waals surface area contributed by atoms with Crippen molar-refractivity contribution >= 4 is 11.9 Å². The topological polar surface area (TPSA) is 64.6 Å². The first-order valence-corrected chi connectivity index (χ1v) is 8.24. The number of carbonyl (C=O) groups excluding carboxylic acids is 2. The van der Waals surface area contributed by atoms with Gasteiger partial charge < -0.3 is 14.8 Å². The fourth-order valence-electron chi connectivity index (χ4n) is 2.50. The van der Waals surface area contributed by atoms with E-state index in [0.717, 1.165) is 25.7 Å². The molecule has 0 saturated heterocycles. The fraction of sp³-hybridized carbons (Fsp3) is 0.556. The summed E-state index contributed by atoms with van der Waals surface area (Å²) in [7, 11) is 0. The Kier molecular flexibility index (Phi) is 6.44. The Morgan fingerprint density at radius 1 is 1.17 bits per heavy atom. The van der Waals surface area contributed by atoms with Crippen LogP contribution in [-0.4, -0.2) is 31.1 Å². The molecule has 1 aromatic carbocycles. The van der Waals surface area contributed by atoms with Crippen LogP contribution in [0.3, 0.4) is 0 Å². The van der Waals surface area contributed by atoms with E-state index in [1.54, 1.807) is 24.3 Å². The molecule has 1 amide bonds. The van der Waals surface area contributed by atoms with Crippen molar-refractivity contribution in [3.63, 3.8) is 0 Å². The van der Waals surface area contributed by atoms with Gasteiger partial charge in [-0.05, 0) is 43.0 Å². The zero-order valence-corrected chi connectivity index (χ0v) is 13.8. The number of carbonyl (C=O) groups is 2. The number of hydrogen-bond acceptors (Lipinski definition) is 4. The first-order chi connectivity index (χ1) is 11.0. The van der Waals surface area contributed by atoms with Crippen molar-refractivity contribution in [3.8, 4) is 5.75 Å². The molecule has 0 radical (unpaired) electrons. The van der Waals surface area contributed by atoms with Crippen LogP contribution in [-0.2, 0) is 9.53 Å². The van der Waals surface area contributed by atoms with Gasteiger partial charge in [0.25, 0.3) is 5.91 Å². The van der Waals surface area contributed by atoms with Gasteiger partial charge in [0.15, 0.2) is 6.61 Å². The van der Waals surface area contributed by atoms with Gasteiger partial charge in [0.2, 0.25) is 0 Å². The third-order valence-electron chi connectivity index (χ3n) is 3.73. The van der Waals surface area contributed by atoms with E-state index in [9.17, 15) is 9.59 Å². The van der Waals surface area contributed by atoms with E-state index in [-0.39, 0.29) is 18.6 Å². The summed E-state index contributed by atoms with van der Waals surface area (Å²) >= 11 is 0. The highest BCUT2D eigenvalue weighted by Crippen LogP contribution is 2.17. The lowest BCUT2D eigenvalue weighted by Gasteiger charge is -2.12. The van der Waals surface area contributed by atoms with E-state index >= 15 is 0 Å². The summed E-state index contributed by atoms with van der Waals surface area (Å²) in [5.41, 5.74) is 0.413. The molecule has 0 aromatic heterocycles. The Bertz CT molecular complexity index is 518. The normalized spacial score (nSPS) is 14.7. The summed E-state index contributed by atoms with van der Waals surface area (Å²) < 4.78 is 10.6. The first kappa shape index (κ1) is 17.3. The standard InChI is InChI=1S/C18H25NO4/c1-13(2)11-22-16-9-7-14(8-10-16)18(21)23-12-17(20)19-15-5-3-4-6-15/h7-10,13,15H,3-6,11-12H2,1-2H3,(H,19,20). The lowest BCUT2D eigenvalue weighted by Crippen LogP contribution is -2.35. The number of benzene rings is 1. The zero-order chi connectivity index (χ0) is 16.7. The van der Waals surface area contributed by atoms with Crippen molar-refractivity contribution < 1.29 is 19.1 Å². The summed E-state index contributed by atoms with van der Waals surface area (Å²) in [6, 6.07) is 6.99. The molecule has 1 aliphatic carbocycles. The van der Waals surface area contributed by atoms with Gasteiger partial charge in [-0.3, -0.25) is 4.79 Å². The minimum absolute atomic E-state index is 0.234. The molecular formula is C18H25NO4. The molecule has 0 unspecified atom stereocenters. The summed E-state index contributed by atoms with van der Waals surface area (Å²) in [4.78, 5) is 23.7. The molecule has 2 rings (SSSR count). The summed E-state index contributed by atoms with van der Waals surface area (Å²) in [5, 5.41) is 2.89. The number of hydrogen-bond donors (Lipinski definition) is 1. The Morgan fingerprint density at radius 2 is 1.83 bits per heavy atom. The zero-order valence-electron chi connectivity index (χ0n) is 13.8. The van der Waals surface area contributed by atoms with E-state index < -0.39 is 5.97 Å². The summed E-state index contributed by atoms with van der Waals surface area (Å²) in [6.45, 7) is 4.54. The molecule has 1 saturated carbocycles. The van der Waals surface area contributed by atoms with E-state index in [1.807, 2.05) is 0 Å². The van der Waals surface area contributed by atoms with E-state index in [4.69, 9.17) is 9.47 Å². The van der Waals surface area contributed by atoms with Crippen LogP contribution in [0.15, 0.2) is 24.3 Å². The Labute approximate surface area is 137 Å². The lowest BCUT2D eigenvalue weighted by molar-refractivity contribution is -0.124. The predicted molar refractivity (Wildman–Crippen MR) is 87.5 cm³/mol. The molecule has 0 aliphatic heterocycles. The van der Waals surface area contributed by atoms with Crippen molar-refractivity contribution in [3.05, 3.63) is 29.8 Å². The van der Waals surface area contributed by atoms with Crippen molar-refractivity contribution in [2.75, 3.05) is 13.2 Å². The van der Waals surface area contributed by atoms with E-state index in [2.05, 4.69) is 19.2 Å². The van der Waals surface area contributed by atoms with Crippen LogP contribution in [0.5, 0.6) is 5.75 Å². The SMILES string of the molecule is CC(C)COc1ccc(C(=O)OCC(=O)NC2CCCC2)cc1. The number of esters is 1. The van der Waals surface area contributed by atoms with Crippen LogP contribution in [0.1, 0.15) is 49.9 Å². The molecule has 0 spiro atoms. The van der Waals surface area contributed by atoms with Crippen LogP contribution in [0.2, 0.25) is 0 Å². The second kappa shape index (κ2) is 8.56. The minimum atomic E-state index is -0.498. The fourth-order valence-corrected chi connectivity index (χ4v) is 2.50. The molecule has 1 N–H and O–H groups in total. The molecule has 5 nitrogen and oxygen atoms in total. The first-order valence-electron chi connectivity index (χ1n) is 8.24. The van der Waals surface area contributed by atoms with Gasteiger partial charge in [-0.25, -0.2) is 4.79 Å². The maximum atomic E-state index is 11.9. The van der Waals surface area contributed by atoms with Gasteiger partial charge in [-0.2, -0.15) is 0 Å². The monoisotopic (exact) mass is 319 g/mol. The van der Waals surface area contributed by atoms with Crippen molar-refractivity contribution in [2.24, 2.45) is 5.92 Å². The maximum Gasteiger partial charge on any atom is 0.338 e. The van der Waals surface area contributed by atoms with Gasteiger partial charge in [0, 0.05) is 6.04 Å². The second-order valence-electron chi connectivity index (χ2n) is 6.35. The van der Waals surface area contributed by atoms with Crippen molar-refractivity contribution in [1.82, 2.24) is 5.32 Å². The van der Waals surface area contributed by atoms with Crippen LogP contribution >= 0.6 is 0 Å². The van der Waals surface area contributed by atoms with Gasteiger partial charge in [-0.1, -0.05) is 26.7 Å². The Morgan fingerprint density at radius 3 is 2.43 bits per heavy atom. The van der Waals surface area contributed by atoms with Gasteiger partial charge in [-0.15, -0.1) is 0 Å². The average molecular weight is 319 g/mol. The van der Waals surface area contributed by atoms with Crippen LogP contribution in [0, 0.1) is 5.92 Å². The van der Waals surface area contributed by atoms with Crippen LogP contribution in [0.25, 0.3) is 0 Å². The molecule has 0 heterocycles. The van der Waals surface area contributed by atoms with Crippen molar-refractivity contribution in [1.29, 1.82) is 0 Å². The minimum Gasteiger partial charge on any atom is -0.493 e. The molecule has 126 valence electrons. The Hall–Kier alpha value is -2.04. The third-order valence-corrected chi connectivity index (χ3v) is 3.73. The largest absolute Gasteiger partial charge is 0.493 e. The third kappa shape index (κ3) is 5.93. The number of ether oxygens (including phenoxy) is 2. The highest BCUT2D eigenvalue weighted by Gasteiger charge is 2.18. The van der Waals surface area contributed by atoms with Crippen LogP contribution < -0.4 is 10.1 Å². The van der Waals surface area contributed by atoms with E-state index in [1.165, 1.54) is 0 Å². The molecule has 0 bridgehead atoms. The van der Waals surface area contributed by atoms with Crippen molar-refractivity contribution in [2.45, 2.75) is 45.6 Å².